The molecule has 34 heavy (non-hydrogen) atoms. The van der Waals surface area contributed by atoms with E-state index in [-0.39, 0.29) is 24.3 Å². The minimum absolute atomic E-state index is 0.00204. The summed E-state index contributed by atoms with van der Waals surface area (Å²) >= 11 is 0. The van der Waals surface area contributed by atoms with E-state index in [9.17, 15) is 15.0 Å². The first-order chi connectivity index (χ1) is 16.5. The average molecular weight is 464 g/mol. The summed E-state index contributed by atoms with van der Waals surface area (Å²) in [5.41, 5.74) is 5.05. The van der Waals surface area contributed by atoms with Crippen LogP contribution in [0.4, 0.5) is 0 Å². The normalized spacial score (nSPS) is 15.1. The van der Waals surface area contributed by atoms with E-state index in [4.69, 9.17) is 4.74 Å². The van der Waals surface area contributed by atoms with Crippen LogP contribution in [0, 0.1) is 13.8 Å². The first-order valence-corrected chi connectivity index (χ1v) is 12.0. The Hall–Kier alpha value is -3.32. The fourth-order valence-corrected chi connectivity index (χ4v) is 4.65. The van der Waals surface area contributed by atoms with Crippen LogP contribution in [0.15, 0.2) is 36.4 Å². The van der Waals surface area contributed by atoms with Crippen LogP contribution in [0.5, 0.6) is 11.5 Å². The van der Waals surface area contributed by atoms with Crippen molar-refractivity contribution in [1.82, 2.24) is 15.1 Å². The number of aromatic nitrogens is 2. The number of phenols is 1. The summed E-state index contributed by atoms with van der Waals surface area (Å²) in [5.74, 6) is 0.803. The highest BCUT2D eigenvalue weighted by molar-refractivity contribution is 6.00. The van der Waals surface area contributed by atoms with E-state index >= 15 is 0 Å². The largest absolute Gasteiger partial charge is 0.507 e. The van der Waals surface area contributed by atoms with E-state index in [1.165, 1.54) is 0 Å². The maximum Gasteiger partial charge on any atom is 0.273 e. The summed E-state index contributed by atoms with van der Waals surface area (Å²) < 4.78 is 5.86. The van der Waals surface area contributed by atoms with E-state index in [1.54, 1.807) is 4.90 Å². The third-order valence-electron chi connectivity index (χ3n) is 6.33. The van der Waals surface area contributed by atoms with Gasteiger partial charge in [0.2, 0.25) is 0 Å². The van der Waals surface area contributed by atoms with Crippen LogP contribution < -0.4 is 4.74 Å². The van der Waals surface area contributed by atoms with E-state index in [2.05, 4.69) is 17.1 Å². The van der Waals surface area contributed by atoms with Crippen molar-refractivity contribution < 1.29 is 19.7 Å². The third-order valence-corrected chi connectivity index (χ3v) is 6.33. The number of hydrogen-bond donors (Lipinski definition) is 3. The maximum atomic E-state index is 13.3. The molecule has 3 N–H and O–H groups in total. The number of aromatic hydroxyl groups is 1. The molecule has 1 aliphatic rings. The van der Waals surface area contributed by atoms with E-state index in [0.717, 1.165) is 47.3 Å². The molecule has 0 saturated carbocycles. The number of rotatable bonds is 10. The Kier molecular flexibility index (Phi) is 7.22. The Morgan fingerprint density at radius 3 is 2.59 bits per heavy atom. The zero-order chi connectivity index (χ0) is 24.2. The van der Waals surface area contributed by atoms with Crippen LogP contribution in [0.2, 0.25) is 0 Å². The van der Waals surface area contributed by atoms with Gasteiger partial charge < -0.3 is 19.8 Å². The number of aromatic amines is 1. The Labute approximate surface area is 200 Å². The Morgan fingerprint density at radius 2 is 1.88 bits per heavy atom. The molecule has 0 radical (unpaired) electrons. The number of H-pyrrole nitrogens is 1. The smallest absolute Gasteiger partial charge is 0.273 e. The number of aliphatic hydroxyl groups excluding tert-OH is 1. The second-order valence-electron chi connectivity index (χ2n) is 8.94. The summed E-state index contributed by atoms with van der Waals surface area (Å²) in [4.78, 5) is 15.1. The van der Waals surface area contributed by atoms with Crippen molar-refractivity contribution in [3.63, 3.8) is 0 Å². The first kappa shape index (κ1) is 23.8. The van der Waals surface area contributed by atoms with Gasteiger partial charge in [-0.05, 0) is 61.6 Å². The van der Waals surface area contributed by atoms with Crippen LogP contribution in [0.3, 0.4) is 0 Å². The number of amides is 1. The van der Waals surface area contributed by atoms with Crippen LogP contribution in [0.1, 0.15) is 71.4 Å². The molecule has 0 fully saturated rings. The molecule has 180 valence electrons. The molecule has 1 aliphatic heterocycles. The van der Waals surface area contributed by atoms with E-state index < -0.39 is 0 Å². The van der Waals surface area contributed by atoms with Gasteiger partial charge in [0.25, 0.3) is 5.91 Å². The van der Waals surface area contributed by atoms with Gasteiger partial charge in [-0.25, -0.2) is 0 Å². The molecule has 7 nitrogen and oxygen atoms in total. The minimum Gasteiger partial charge on any atom is -0.507 e. The van der Waals surface area contributed by atoms with Crippen molar-refractivity contribution in [1.29, 1.82) is 0 Å². The molecule has 0 saturated heterocycles. The molecular weight excluding hydrogens is 430 g/mol. The molecule has 1 unspecified atom stereocenters. The summed E-state index contributed by atoms with van der Waals surface area (Å²) in [7, 11) is 0. The van der Waals surface area contributed by atoms with Crippen molar-refractivity contribution >= 4 is 5.91 Å². The molecule has 0 bridgehead atoms. The lowest BCUT2D eigenvalue weighted by molar-refractivity contribution is 0.0732. The Bertz CT molecular complexity index is 1150. The predicted octanol–water partition coefficient (Wildman–Crippen LogP) is 4.90. The molecule has 1 atom stereocenters. The van der Waals surface area contributed by atoms with Crippen molar-refractivity contribution in [2.45, 2.75) is 52.5 Å². The highest BCUT2D eigenvalue weighted by atomic mass is 16.5. The molecule has 0 aliphatic carbocycles. The van der Waals surface area contributed by atoms with Crippen LogP contribution in [-0.4, -0.2) is 51.0 Å². The third kappa shape index (κ3) is 4.53. The SMILES string of the molecule is CCCCCOc1ccc(C2c3c(-c4cc(C)cc(C)c4O)n[nH]c3C(=O)N2CCCO)cc1. The van der Waals surface area contributed by atoms with Gasteiger partial charge in [-0.1, -0.05) is 38.0 Å². The van der Waals surface area contributed by atoms with Crippen LogP contribution >= 0.6 is 0 Å². The number of aliphatic hydroxyl groups is 1. The highest BCUT2D eigenvalue weighted by Crippen LogP contribution is 2.45. The number of benzene rings is 2. The quantitative estimate of drug-likeness (QED) is 0.372. The van der Waals surface area contributed by atoms with Crippen molar-refractivity contribution in [3.8, 4) is 22.8 Å². The number of ether oxygens (including phenoxy) is 1. The lowest BCUT2D eigenvalue weighted by Crippen LogP contribution is -2.31. The molecule has 0 spiro atoms. The second-order valence-corrected chi connectivity index (χ2v) is 8.94. The number of nitrogens with zero attached hydrogens (tertiary/aromatic N) is 2. The number of hydrogen-bond acceptors (Lipinski definition) is 5. The number of aryl methyl sites for hydroxylation is 2. The lowest BCUT2D eigenvalue weighted by Gasteiger charge is -2.26. The number of carbonyl (C=O) groups is 1. The van der Waals surface area contributed by atoms with Gasteiger partial charge >= 0.3 is 0 Å². The van der Waals surface area contributed by atoms with E-state index in [1.807, 2.05) is 50.2 Å². The van der Waals surface area contributed by atoms with Gasteiger partial charge in [0, 0.05) is 24.3 Å². The summed E-state index contributed by atoms with van der Waals surface area (Å²) in [6.07, 6.45) is 3.78. The number of phenolic OH excluding ortho intramolecular Hbond substituents is 1. The van der Waals surface area contributed by atoms with Gasteiger partial charge in [0.05, 0.1) is 12.6 Å². The molecule has 2 heterocycles. The number of unbranched alkanes of at least 4 members (excludes halogenated alkanes) is 2. The van der Waals surface area contributed by atoms with Gasteiger partial charge in [-0.3, -0.25) is 9.89 Å². The van der Waals surface area contributed by atoms with Crippen LogP contribution in [-0.2, 0) is 0 Å². The number of carbonyl (C=O) groups excluding carboxylic acids is 1. The molecule has 4 rings (SSSR count). The second kappa shape index (κ2) is 10.3. The lowest BCUT2D eigenvalue weighted by atomic mass is 9.94. The fraction of sp³-hybridized carbons (Fsp3) is 0.407. The summed E-state index contributed by atoms with van der Waals surface area (Å²) in [6, 6.07) is 11.3. The van der Waals surface area contributed by atoms with Gasteiger partial charge in [0.15, 0.2) is 0 Å². The van der Waals surface area contributed by atoms with Gasteiger partial charge in [-0.15, -0.1) is 0 Å². The zero-order valence-electron chi connectivity index (χ0n) is 20.1. The van der Waals surface area contributed by atoms with Gasteiger partial charge in [-0.2, -0.15) is 5.10 Å². The van der Waals surface area contributed by atoms with Gasteiger partial charge in [0.1, 0.15) is 22.9 Å². The Balaban J connectivity index is 1.73. The van der Waals surface area contributed by atoms with E-state index in [0.29, 0.717) is 36.5 Å². The average Bonchev–Trinajstić information content (AvgIpc) is 3.37. The van der Waals surface area contributed by atoms with Crippen molar-refractivity contribution in [3.05, 3.63) is 64.3 Å². The molecule has 1 amide bonds. The number of fused-ring (bicyclic) bond motifs is 1. The summed E-state index contributed by atoms with van der Waals surface area (Å²) in [5, 5.41) is 27.6. The molecule has 2 aromatic carbocycles. The number of nitrogens with one attached hydrogen (secondary N) is 1. The summed E-state index contributed by atoms with van der Waals surface area (Å²) in [6.45, 7) is 7.08. The monoisotopic (exact) mass is 463 g/mol. The minimum atomic E-state index is -0.378. The first-order valence-electron chi connectivity index (χ1n) is 12.0. The molecular formula is C27H33N3O4. The predicted molar refractivity (Wildman–Crippen MR) is 131 cm³/mol. The molecule has 1 aromatic heterocycles. The standard InChI is InChI=1S/C27H33N3O4/c1-4-5-6-14-34-20-10-8-19(9-11-20)25-22-23(21-16-17(2)15-18(3)26(21)32)28-29-24(22)27(33)30(25)12-7-13-31/h8-11,15-16,25,31-32H,4-7,12-14H2,1-3H3,(H,28,29). The Morgan fingerprint density at radius 1 is 1.12 bits per heavy atom. The highest BCUT2D eigenvalue weighted by Gasteiger charge is 2.42. The fourth-order valence-electron chi connectivity index (χ4n) is 4.65. The maximum absolute atomic E-state index is 13.3. The topological polar surface area (TPSA) is 98.7 Å². The molecule has 7 heteroatoms. The van der Waals surface area contributed by atoms with Crippen LogP contribution in [0.25, 0.3) is 11.3 Å². The molecule has 3 aromatic rings. The van der Waals surface area contributed by atoms with Crippen molar-refractivity contribution in [2.75, 3.05) is 19.8 Å². The van der Waals surface area contributed by atoms with Crippen molar-refractivity contribution in [2.24, 2.45) is 0 Å². The zero-order valence-corrected chi connectivity index (χ0v) is 20.1.